The van der Waals surface area contributed by atoms with E-state index in [0.29, 0.717) is 27.8 Å². The third-order valence-corrected chi connectivity index (χ3v) is 4.07. The Morgan fingerprint density at radius 2 is 1.60 bits per heavy atom. The number of fused-ring (bicyclic) bond motifs is 1. The highest BCUT2D eigenvalue weighted by Crippen LogP contribution is 2.39. The standard InChI is InChI=1S/C20H20O5/c1-20(2,22)18-17(12-9-10-15(23-3)16(11-12)24-4)13-7-5-6-8-14(13)19(21)25-18/h5-11,22H,1-4H3. The molecule has 0 unspecified atom stereocenters. The molecule has 2 aromatic carbocycles. The van der Waals surface area contributed by atoms with Gasteiger partial charge in [-0.05, 0) is 37.6 Å². The molecule has 0 aliphatic rings. The van der Waals surface area contributed by atoms with Gasteiger partial charge in [0.2, 0.25) is 0 Å². The first-order valence-corrected chi connectivity index (χ1v) is 7.88. The fourth-order valence-electron chi connectivity index (χ4n) is 2.91. The average Bonchev–Trinajstić information content (AvgIpc) is 2.60. The Kier molecular flexibility index (Phi) is 4.27. The molecule has 0 spiro atoms. The summed E-state index contributed by atoms with van der Waals surface area (Å²) >= 11 is 0. The first kappa shape index (κ1) is 17.0. The maximum Gasteiger partial charge on any atom is 0.343 e. The van der Waals surface area contributed by atoms with E-state index in [9.17, 15) is 9.90 Å². The molecular weight excluding hydrogens is 320 g/mol. The zero-order valence-electron chi connectivity index (χ0n) is 14.6. The van der Waals surface area contributed by atoms with E-state index < -0.39 is 11.2 Å². The molecule has 0 fully saturated rings. The van der Waals surface area contributed by atoms with Gasteiger partial charge in [-0.1, -0.05) is 24.3 Å². The smallest absolute Gasteiger partial charge is 0.343 e. The van der Waals surface area contributed by atoms with E-state index in [4.69, 9.17) is 13.9 Å². The minimum atomic E-state index is -1.33. The number of methoxy groups -OCH3 is 2. The fraction of sp³-hybridized carbons (Fsp3) is 0.250. The second-order valence-electron chi connectivity index (χ2n) is 6.27. The van der Waals surface area contributed by atoms with Crippen molar-refractivity contribution in [1.29, 1.82) is 0 Å². The summed E-state index contributed by atoms with van der Waals surface area (Å²) in [7, 11) is 3.12. The van der Waals surface area contributed by atoms with Gasteiger partial charge in [-0.3, -0.25) is 0 Å². The summed E-state index contributed by atoms with van der Waals surface area (Å²) in [5.74, 6) is 1.36. The summed E-state index contributed by atoms with van der Waals surface area (Å²) < 4.78 is 16.2. The van der Waals surface area contributed by atoms with Gasteiger partial charge in [0.15, 0.2) is 11.5 Å². The molecule has 0 radical (unpaired) electrons. The van der Waals surface area contributed by atoms with E-state index in [-0.39, 0.29) is 5.76 Å². The number of ether oxygens (including phenoxy) is 2. The van der Waals surface area contributed by atoms with Crippen molar-refractivity contribution in [2.45, 2.75) is 19.4 Å². The lowest BCUT2D eigenvalue weighted by molar-refractivity contribution is 0.0521. The van der Waals surface area contributed by atoms with Crippen LogP contribution in [0.1, 0.15) is 19.6 Å². The van der Waals surface area contributed by atoms with Gasteiger partial charge in [-0.15, -0.1) is 0 Å². The molecule has 0 atom stereocenters. The van der Waals surface area contributed by atoms with E-state index in [2.05, 4.69) is 0 Å². The number of hydrogen-bond donors (Lipinski definition) is 1. The predicted octanol–water partition coefficient (Wildman–Crippen LogP) is 3.70. The van der Waals surface area contributed by atoms with Crippen LogP contribution in [0.2, 0.25) is 0 Å². The monoisotopic (exact) mass is 340 g/mol. The molecule has 3 rings (SSSR count). The zero-order chi connectivity index (χ0) is 18.2. The zero-order valence-corrected chi connectivity index (χ0v) is 14.6. The molecule has 5 nitrogen and oxygen atoms in total. The number of rotatable bonds is 4. The molecule has 0 aliphatic heterocycles. The Morgan fingerprint density at radius 1 is 0.960 bits per heavy atom. The summed E-state index contributed by atoms with van der Waals surface area (Å²) in [6.07, 6.45) is 0. The normalized spacial score (nSPS) is 11.6. The molecule has 1 heterocycles. The van der Waals surface area contributed by atoms with Crippen molar-refractivity contribution in [3.63, 3.8) is 0 Å². The van der Waals surface area contributed by atoms with E-state index in [1.54, 1.807) is 52.3 Å². The summed E-state index contributed by atoms with van der Waals surface area (Å²) in [6.45, 7) is 3.18. The summed E-state index contributed by atoms with van der Waals surface area (Å²) in [6, 6.07) is 12.6. The molecule has 0 aliphatic carbocycles. The molecule has 5 heteroatoms. The SMILES string of the molecule is COc1ccc(-c2c(C(C)(C)O)oc(=O)c3ccccc23)cc1OC. The van der Waals surface area contributed by atoms with Gasteiger partial charge in [0.25, 0.3) is 0 Å². The number of benzene rings is 2. The molecule has 130 valence electrons. The van der Waals surface area contributed by atoms with Crippen LogP contribution in [-0.2, 0) is 5.60 Å². The number of aliphatic hydroxyl groups is 1. The first-order chi connectivity index (χ1) is 11.9. The van der Waals surface area contributed by atoms with E-state index in [1.165, 1.54) is 0 Å². The predicted molar refractivity (Wildman–Crippen MR) is 96.3 cm³/mol. The van der Waals surface area contributed by atoms with Crippen molar-refractivity contribution in [2.75, 3.05) is 14.2 Å². The van der Waals surface area contributed by atoms with Gasteiger partial charge < -0.3 is 19.0 Å². The van der Waals surface area contributed by atoms with E-state index in [1.807, 2.05) is 18.2 Å². The van der Waals surface area contributed by atoms with Gasteiger partial charge in [0, 0.05) is 10.9 Å². The van der Waals surface area contributed by atoms with Crippen LogP contribution in [0.15, 0.2) is 51.7 Å². The molecule has 1 aromatic heterocycles. The Bertz CT molecular complexity index is 980. The summed E-state index contributed by atoms with van der Waals surface area (Å²) in [5.41, 5.74) is -0.388. The molecule has 25 heavy (non-hydrogen) atoms. The molecule has 0 saturated heterocycles. The maximum absolute atomic E-state index is 12.3. The number of hydrogen-bond acceptors (Lipinski definition) is 5. The molecule has 0 bridgehead atoms. The van der Waals surface area contributed by atoms with E-state index >= 15 is 0 Å². The van der Waals surface area contributed by atoms with Crippen LogP contribution in [-0.4, -0.2) is 19.3 Å². The Morgan fingerprint density at radius 3 is 2.20 bits per heavy atom. The van der Waals surface area contributed by atoms with Gasteiger partial charge in [0.1, 0.15) is 11.4 Å². The van der Waals surface area contributed by atoms with Crippen LogP contribution < -0.4 is 15.1 Å². The van der Waals surface area contributed by atoms with Gasteiger partial charge >= 0.3 is 5.63 Å². The molecule has 0 amide bonds. The minimum absolute atomic E-state index is 0.211. The fourth-order valence-corrected chi connectivity index (χ4v) is 2.91. The Balaban J connectivity index is 2.42. The van der Waals surface area contributed by atoms with Crippen LogP contribution in [0, 0.1) is 0 Å². The van der Waals surface area contributed by atoms with Crippen molar-refractivity contribution < 1.29 is 19.0 Å². The van der Waals surface area contributed by atoms with Crippen LogP contribution in [0.4, 0.5) is 0 Å². The third-order valence-electron chi connectivity index (χ3n) is 4.07. The first-order valence-electron chi connectivity index (χ1n) is 7.88. The summed E-state index contributed by atoms with van der Waals surface area (Å²) in [4.78, 5) is 12.3. The highest BCUT2D eigenvalue weighted by atomic mass is 16.5. The second kappa shape index (κ2) is 6.26. The topological polar surface area (TPSA) is 68.9 Å². The van der Waals surface area contributed by atoms with Crippen LogP contribution in [0.25, 0.3) is 21.9 Å². The Labute approximate surface area is 145 Å². The quantitative estimate of drug-likeness (QED) is 0.784. The third kappa shape index (κ3) is 2.98. The second-order valence-corrected chi connectivity index (χ2v) is 6.27. The summed E-state index contributed by atoms with van der Waals surface area (Å²) in [5, 5.41) is 11.7. The van der Waals surface area contributed by atoms with E-state index in [0.717, 1.165) is 5.56 Å². The minimum Gasteiger partial charge on any atom is -0.493 e. The van der Waals surface area contributed by atoms with Gasteiger partial charge in [0.05, 0.1) is 19.6 Å². The van der Waals surface area contributed by atoms with Crippen molar-refractivity contribution in [1.82, 2.24) is 0 Å². The van der Waals surface area contributed by atoms with Crippen LogP contribution in [0.3, 0.4) is 0 Å². The van der Waals surface area contributed by atoms with Crippen molar-refractivity contribution in [2.24, 2.45) is 0 Å². The average molecular weight is 340 g/mol. The maximum atomic E-state index is 12.3. The van der Waals surface area contributed by atoms with Crippen LogP contribution >= 0.6 is 0 Å². The Hall–Kier alpha value is -2.79. The van der Waals surface area contributed by atoms with Crippen LogP contribution in [0.5, 0.6) is 11.5 Å². The molecule has 3 aromatic rings. The van der Waals surface area contributed by atoms with Crippen molar-refractivity contribution in [3.8, 4) is 22.6 Å². The molecular formula is C20H20O5. The van der Waals surface area contributed by atoms with Gasteiger partial charge in [-0.25, -0.2) is 4.79 Å². The lowest BCUT2D eigenvalue weighted by Crippen LogP contribution is -2.20. The largest absolute Gasteiger partial charge is 0.493 e. The molecule has 1 N–H and O–H groups in total. The lowest BCUT2D eigenvalue weighted by atomic mass is 9.92. The van der Waals surface area contributed by atoms with Gasteiger partial charge in [-0.2, -0.15) is 0 Å². The molecule has 0 saturated carbocycles. The van der Waals surface area contributed by atoms with Crippen molar-refractivity contribution in [3.05, 3.63) is 58.6 Å². The van der Waals surface area contributed by atoms with Crippen molar-refractivity contribution >= 4 is 10.8 Å². The lowest BCUT2D eigenvalue weighted by Gasteiger charge is -2.21. The highest BCUT2D eigenvalue weighted by molar-refractivity contribution is 5.97. The highest BCUT2D eigenvalue weighted by Gasteiger charge is 2.27.